The number of hydrogen-bond acceptors (Lipinski definition) is 5. The summed E-state index contributed by atoms with van der Waals surface area (Å²) >= 11 is 0. The van der Waals surface area contributed by atoms with Crippen LogP contribution < -0.4 is 5.32 Å². The van der Waals surface area contributed by atoms with E-state index in [0.717, 1.165) is 0 Å². The number of hydrogen-bond donors (Lipinski definition) is 1. The monoisotopic (exact) mass is 285 g/mol. The summed E-state index contributed by atoms with van der Waals surface area (Å²) in [4.78, 5) is 23.0. The van der Waals surface area contributed by atoms with Crippen LogP contribution >= 0.6 is 0 Å². The molecule has 7 heteroatoms. The predicted molar refractivity (Wildman–Crippen MR) is 75.8 cm³/mol. The first kappa shape index (κ1) is 17.9. The predicted octanol–water partition coefficient (Wildman–Crippen LogP) is 2.58. The molecule has 1 N–H and O–H groups in total. The average molecular weight is 285 g/mol. The summed E-state index contributed by atoms with van der Waals surface area (Å²) in [6, 6.07) is 0. The Kier molecular flexibility index (Phi) is 6.75. The highest BCUT2D eigenvalue weighted by molar-refractivity contribution is 5.97. The Hall–Kier alpha value is -2.05. The molecule has 0 bridgehead atoms. The molecular weight excluding hydrogens is 262 g/mol. The minimum absolute atomic E-state index is 0.0332. The molecular formula is C13H23N3O4. The van der Waals surface area contributed by atoms with E-state index in [1.807, 2.05) is 13.8 Å². The molecule has 20 heavy (non-hydrogen) atoms. The summed E-state index contributed by atoms with van der Waals surface area (Å²) in [5.41, 5.74) is -0.331. The summed E-state index contributed by atoms with van der Waals surface area (Å²) < 4.78 is 11.0. The third-order valence-electron chi connectivity index (χ3n) is 1.84. The number of ether oxygens (including phenoxy) is 2. The molecule has 0 spiro atoms. The van der Waals surface area contributed by atoms with Gasteiger partial charge in [-0.1, -0.05) is 13.8 Å². The Morgan fingerprint density at radius 1 is 1.30 bits per heavy atom. The van der Waals surface area contributed by atoms with Crippen LogP contribution in [0.2, 0.25) is 0 Å². The van der Waals surface area contributed by atoms with Gasteiger partial charge in [-0.25, -0.2) is 9.59 Å². The number of rotatable bonds is 2. The van der Waals surface area contributed by atoms with Gasteiger partial charge in [0.1, 0.15) is 5.60 Å². The van der Waals surface area contributed by atoms with Crippen molar-refractivity contribution in [2.24, 2.45) is 7.05 Å². The molecule has 0 aliphatic heterocycles. The number of amides is 1. The molecule has 0 unspecified atom stereocenters. The van der Waals surface area contributed by atoms with Crippen LogP contribution in [0.5, 0.6) is 0 Å². The van der Waals surface area contributed by atoms with Crippen LogP contribution in [0.4, 0.5) is 10.5 Å². The van der Waals surface area contributed by atoms with Gasteiger partial charge in [-0.2, -0.15) is 5.10 Å². The van der Waals surface area contributed by atoms with Crippen molar-refractivity contribution in [2.45, 2.75) is 40.2 Å². The zero-order chi connectivity index (χ0) is 15.9. The van der Waals surface area contributed by atoms with Crippen molar-refractivity contribution in [1.82, 2.24) is 9.78 Å². The number of carbonyl (C=O) groups excluding carboxylic acids is 2. The van der Waals surface area contributed by atoms with Crippen LogP contribution in [0.3, 0.4) is 0 Å². The van der Waals surface area contributed by atoms with E-state index in [2.05, 4.69) is 15.2 Å². The number of nitrogens with one attached hydrogen (secondary N) is 1. The van der Waals surface area contributed by atoms with E-state index in [1.54, 1.807) is 27.8 Å². The molecule has 1 heterocycles. The maximum absolute atomic E-state index is 11.6. The molecule has 0 fully saturated rings. The summed E-state index contributed by atoms with van der Waals surface area (Å²) in [6.07, 6.45) is 0.844. The van der Waals surface area contributed by atoms with Crippen molar-refractivity contribution in [2.75, 3.05) is 12.4 Å². The first-order valence-corrected chi connectivity index (χ1v) is 6.35. The van der Waals surface area contributed by atoms with Crippen molar-refractivity contribution < 1.29 is 19.1 Å². The van der Waals surface area contributed by atoms with Crippen molar-refractivity contribution in [3.05, 3.63) is 11.9 Å². The fourth-order valence-electron chi connectivity index (χ4n) is 1.24. The van der Waals surface area contributed by atoms with Crippen molar-refractivity contribution >= 4 is 17.7 Å². The third kappa shape index (κ3) is 5.73. The SMILES string of the molecule is CC.COC(=O)c1nn(C)cc1NC(=O)OC(C)(C)C. The Morgan fingerprint density at radius 2 is 1.85 bits per heavy atom. The van der Waals surface area contributed by atoms with E-state index in [-0.39, 0.29) is 11.4 Å². The van der Waals surface area contributed by atoms with Crippen LogP contribution in [0.1, 0.15) is 45.1 Å². The van der Waals surface area contributed by atoms with Gasteiger partial charge in [-0.05, 0) is 20.8 Å². The fourth-order valence-corrected chi connectivity index (χ4v) is 1.24. The lowest BCUT2D eigenvalue weighted by molar-refractivity contribution is 0.0594. The second-order valence-corrected chi connectivity index (χ2v) is 4.68. The van der Waals surface area contributed by atoms with Gasteiger partial charge in [0.2, 0.25) is 0 Å². The van der Waals surface area contributed by atoms with Gasteiger partial charge < -0.3 is 9.47 Å². The van der Waals surface area contributed by atoms with Gasteiger partial charge >= 0.3 is 12.1 Å². The Labute approximate surface area is 119 Å². The smallest absolute Gasteiger partial charge is 0.412 e. The molecule has 114 valence electrons. The van der Waals surface area contributed by atoms with Gasteiger partial charge in [0.25, 0.3) is 0 Å². The summed E-state index contributed by atoms with van der Waals surface area (Å²) in [5, 5.41) is 6.36. The highest BCUT2D eigenvalue weighted by Crippen LogP contribution is 2.16. The lowest BCUT2D eigenvalue weighted by atomic mass is 10.2. The topological polar surface area (TPSA) is 82.5 Å². The molecule has 1 amide bonds. The number of carbonyl (C=O) groups is 2. The standard InChI is InChI=1S/C11H17N3O4.C2H6/c1-11(2,3)18-10(16)12-7-6-14(4)13-8(7)9(15)17-5;1-2/h6H,1-5H3,(H,12,16);1-2H3. The van der Waals surface area contributed by atoms with Crippen LogP contribution in [0, 0.1) is 0 Å². The number of aromatic nitrogens is 2. The van der Waals surface area contributed by atoms with Crippen LogP contribution in [0.15, 0.2) is 6.20 Å². The van der Waals surface area contributed by atoms with Gasteiger partial charge in [0.05, 0.1) is 12.8 Å². The fraction of sp³-hybridized carbons (Fsp3) is 0.615. The van der Waals surface area contributed by atoms with Crippen LogP contribution in [0.25, 0.3) is 0 Å². The zero-order valence-electron chi connectivity index (χ0n) is 13.1. The second kappa shape index (κ2) is 7.52. The molecule has 0 saturated carbocycles. The summed E-state index contributed by atoms with van der Waals surface area (Å²) in [7, 11) is 2.88. The first-order chi connectivity index (χ1) is 9.23. The van der Waals surface area contributed by atoms with Crippen LogP contribution in [-0.2, 0) is 16.5 Å². The summed E-state index contributed by atoms with van der Waals surface area (Å²) in [6.45, 7) is 9.24. The Balaban J connectivity index is 0.00000172. The molecule has 0 aliphatic carbocycles. The van der Waals surface area contributed by atoms with Crippen LogP contribution in [-0.4, -0.2) is 34.6 Å². The Morgan fingerprint density at radius 3 is 2.30 bits per heavy atom. The van der Waals surface area contributed by atoms with E-state index >= 15 is 0 Å². The lowest BCUT2D eigenvalue weighted by Gasteiger charge is -2.19. The zero-order valence-corrected chi connectivity index (χ0v) is 13.1. The number of aryl methyl sites for hydroxylation is 1. The first-order valence-electron chi connectivity index (χ1n) is 6.35. The summed E-state index contributed by atoms with van der Waals surface area (Å²) in [5.74, 6) is -0.623. The highest BCUT2D eigenvalue weighted by Gasteiger charge is 2.21. The van der Waals surface area contributed by atoms with E-state index < -0.39 is 17.7 Å². The van der Waals surface area contributed by atoms with E-state index in [9.17, 15) is 9.59 Å². The minimum Gasteiger partial charge on any atom is -0.464 e. The molecule has 0 aromatic carbocycles. The quantitative estimate of drug-likeness (QED) is 0.844. The molecule has 0 saturated heterocycles. The van der Waals surface area contributed by atoms with Crippen molar-refractivity contribution in [3.8, 4) is 0 Å². The molecule has 1 aromatic heterocycles. The maximum atomic E-state index is 11.6. The molecule has 0 atom stereocenters. The minimum atomic E-state index is -0.652. The molecule has 7 nitrogen and oxygen atoms in total. The number of nitrogens with zero attached hydrogens (tertiary/aromatic N) is 2. The second-order valence-electron chi connectivity index (χ2n) is 4.68. The number of esters is 1. The van der Waals surface area contributed by atoms with Gasteiger partial charge in [-0.3, -0.25) is 10.00 Å². The average Bonchev–Trinajstić information content (AvgIpc) is 2.69. The van der Waals surface area contributed by atoms with E-state index in [4.69, 9.17) is 4.74 Å². The maximum Gasteiger partial charge on any atom is 0.412 e. The number of anilines is 1. The molecule has 0 aliphatic rings. The molecule has 0 radical (unpaired) electrons. The van der Waals surface area contributed by atoms with E-state index in [1.165, 1.54) is 18.0 Å². The lowest BCUT2D eigenvalue weighted by Crippen LogP contribution is -2.27. The number of methoxy groups -OCH3 is 1. The molecule has 1 aromatic rings. The largest absolute Gasteiger partial charge is 0.464 e. The molecule has 1 rings (SSSR count). The highest BCUT2D eigenvalue weighted by atomic mass is 16.6. The van der Waals surface area contributed by atoms with Gasteiger partial charge in [-0.15, -0.1) is 0 Å². The van der Waals surface area contributed by atoms with Gasteiger partial charge in [0.15, 0.2) is 5.69 Å². The van der Waals surface area contributed by atoms with Gasteiger partial charge in [0, 0.05) is 13.2 Å². The normalized spacial score (nSPS) is 10.2. The Bertz CT molecular complexity index is 461. The van der Waals surface area contributed by atoms with Crippen molar-refractivity contribution in [3.63, 3.8) is 0 Å². The van der Waals surface area contributed by atoms with Crippen molar-refractivity contribution in [1.29, 1.82) is 0 Å². The van der Waals surface area contributed by atoms with E-state index in [0.29, 0.717) is 0 Å². The third-order valence-corrected chi connectivity index (χ3v) is 1.84.